The summed E-state index contributed by atoms with van der Waals surface area (Å²) in [6, 6.07) is -0.340. The van der Waals surface area contributed by atoms with Gasteiger partial charge in [-0.1, -0.05) is 20.8 Å². The zero-order valence-electron chi connectivity index (χ0n) is 12.9. The SMILES string of the molecule is CC1C(=O)NC(C)(C2CC2)C(=O)N1C(C)C(C)(C)C. The summed E-state index contributed by atoms with van der Waals surface area (Å²) in [5.74, 6) is 0.376. The third kappa shape index (κ3) is 2.26. The van der Waals surface area contributed by atoms with E-state index in [1.165, 1.54) is 0 Å². The Hall–Kier alpha value is -1.06. The summed E-state index contributed by atoms with van der Waals surface area (Å²) in [7, 11) is 0. The Labute approximate surface area is 115 Å². The highest BCUT2D eigenvalue weighted by atomic mass is 16.2. The first kappa shape index (κ1) is 14.4. The van der Waals surface area contributed by atoms with Gasteiger partial charge in [0, 0.05) is 6.04 Å². The van der Waals surface area contributed by atoms with Gasteiger partial charge in [-0.15, -0.1) is 0 Å². The Kier molecular flexibility index (Phi) is 3.19. The molecule has 19 heavy (non-hydrogen) atoms. The normalized spacial score (nSPS) is 34.2. The van der Waals surface area contributed by atoms with Crippen LogP contribution in [0.1, 0.15) is 54.4 Å². The maximum atomic E-state index is 12.9. The van der Waals surface area contributed by atoms with Crippen molar-refractivity contribution < 1.29 is 9.59 Å². The molecule has 0 spiro atoms. The highest BCUT2D eigenvalue weighted by molar-refractivity contribution is 6.00. The number of rotatable bonds is 2. The monoisotopic (exact) mass is 266 g/mol. The van der Waals surface area contributed by atoms with Crippen molar-refractivity contribution in [2.24, 2.45) is 11.3 Å². The molecule has 0 aromatic rings. The Bertz CT molecular complexity index is 409. The molecular weight excluding hydrogens is 240 g/mol. The third-order valence-corrected chi connectivity index (χ3v) is 4.92. The number of nitrogens with zero attached hydrogens (tertiary/aromatic N) is 1. The molecule has 2 rings (SSSR count). The minimum absolute atomic E-state index is 0.0231. The van der Waals surface area contributed by atoms with Crippen molar-refractivity contribution >= 4 is 11.8 Å². The summed E-state index contributed by atoms with van der Waals surface area (Å²) in [5, 5.41) is 2.96. The summed E-state index contributed by atoms with van der Waals surface area (Å²) in [6.07, 6.45) is 2.07. The molecule has 0 radical (unpaired) electrons. The fourth-order valence-electron chi connectivity index (χ4n) is 2.85. The van der Waals surface area contributed by atoms with E-state index in [0.29, 0.717) is 5.92 Å². The largest absolute Gasteiger partial charge is 0.340 e. The van der Waals surface area contributed by atoms with Crippen LogP contribution in [0.25, 0.3) is 0 Å². The Morgan fingerprint density at radius 2 is 1.84 bits per heavy atom. The molecule has 108 valence electrons. The van der Waals surface area contributed by atoms with E-state index in [4.69, 9.17) is 0 Å². The Morgan fingerprint density at radius 3 is 2.26 bits per heavy atom. The number of piperazine rings is 1. The number of hydrogen-bond acceptors (Lipinski definition) is 2. The topological polar surface area (TPSA) is 49.4 Å². The van der Waals surface area contributed by atoms with Gasteiger partial charge in [0.05, 0.1) is 0 Å². The van der Waals surface area contributed by atoms with Crippen molar-refractivity contribution in [1.29, 1.82) is 0 Å². The van der Waals surface area contributed by atoms with Crippen molar-refractivity contribution in [2.75, 3.05) is 0 Å². The maximum Gasteiger partial charge on any atom is 0.249 e. The van der Waals surface area contributed by atoms with Crippen LogP contribution in [0, 0.1) is 11.3 Å². The molecule has 3 unspecified atom stereocenters. The number of carbonyl (C=O) groups excluding carboxylic acids is 2. The summed E-state index contributed by atoms with van der Waals surface area (Å²) < 4.78 is 0. The molecule has 0 aromatic heterocycles. The summed E-state index contributed by atoms with van der Waals surface area (Å²) in [5.41, 5.74) is -0.727. The highest BCUT2D eigenvalue weighted by Crippen LogP contribution is 2.43. The molecule has 4 heteroatoms. The van der Waals surface area contributed by atoms with Gasteiger partial charge in [0.2, 0.25) is 11.8 Å². The van der Waals surface area contributed by atoms with E-state index < -0.39 is 5.54 Å². The quantitative estimate of drug-likeness (QED) is 0.830. The van der Waals surface area contributed by atoms with Crippen LogP contribution in [0.15, 0.2) is 0 Å². The molecule has 2 amide bonds. The van der Waals surface area contributed by atoms with E-state index >= 15 is 0 Å². The second-order valence-corrected chi connectivity index (χ2v) is 7.40. The standard InChI is InChI=1S/C15H26N2O2/c1-9-12(18)16-15(6,11-7-8-11)13(19)17(9)10(2)14(3,4)5/h9-11H,7-8H2,1-6H3,(H,16,18). The first-order valence-corrected chi connectivity index (χ1v) is 7.24. The predicted molar refractivity (Wildman–Crippen MR) is 74.5 cm³/mol. The molecule has 1 aliphatic heterocycles. The minimum atomic E-state index is -0.691. The molecule has 0 bridgehead atoms. The van der Waals surface area contributed by atoms with Crippen LogP contribution in [-0.4, -0.2) is 34.3 Å². The molecule has 3 atom stereocenters. The van der Waals surface area contributed by atoms with Gasteiger partial charge in [0.15, 0.2) is 0 Å². The van der Waals surface area contributed by atoms with Gasteiger partial charge in [-0.25, -0.2) is 0 Å². The fraction of sp³-hybridized carbons (Fsp3) is 0.867. The maximum absolute atomic E-state index is 12.9. The summed E-state index contributed by atoms with van der Waals surface area (Å²) in [6.45, 7) is 12.1. The molecular formula is C15H26N2O2. The number of nitrogens with one attached hydrogen (secondary N) is 1. The average Bonchev–Trinajstić information content (AvgIpc) is 3.09. The third-order valence-electron chi connectivity index (χ3n) is 4.92. The first-order chi connectivity index (χ1) is 8.59. The lowest BCUT2D eigenvalue weighted by molar-refractivity contribution is -0.159. The molecule has 1 heterocycles. The zero-order chi connectivity index (χ0) is 14.6. The van der Waals surface area contributed by atoms with E-state index in [1.54, 1.807) is 4.90 Å². The Morgan fingerprint density at radius 1 is 1.32 bits per heavy atom. The van der Waals surface area contributed by atoms with Crippen LogP contribution in [-0.2, 0) is 9.59 Å². The lowest BCUT2D eigenvalue weighted by atomic mass is 9.82. The molecule has 2 fully saturated rings. The van der Waals surface area contributed by atoms with E-state index in [9.17, 15) is 9.59 Å². The van der Waals surface area contributed by atoms with Gasteiger partial charge in [0.1, 0.15) is 11.6 Å². The van der Waals surface area contributed by atoms with Crippen LogP contribution in [0.4, 0.5) is 0 Å². The fourth-order valence-corrected chi connectivity index (χ4v) is 2.85. The molecule has 1 aliphatic carbocycles. The van der Waals surface area contributed by atoms with E-state index in [0.717, 1.165) is 12.8 Å². The van der Waals surface area contributed by atoms with Crippen molar-refractivity contribution in [3.05, 3.63) is 0 Å². The van der Waals surface area contributed by atoms with Gasteiger partial charge in [-0.05, 0) is 44.9 Å². The van der Waals surface area contributed by atoms with E-state index in [2.05, 4.69) is 26.1 Å². The smallest absolute Gasteiger partial charge is 0.249 e. The minimum Gasteiger partial charge on any atom is -0.340 e. The lowest BCUT2D eigenvalue weighted by Crippen LogP contribution is -2.72. The molecule has 1 saturated carbocycles. The average molecular weight is 266 g/mol. The molecule has 1 N–H and O–H groups in total. The molecule has 2 aliphatic rings. The number of hydrogen-bond donors (Lipinski definition) is 1. The van der Waals surface area contributed by atoms with Crippen molar-refractivity contribution in [2.45, 2.75) is 72.0 Å². The van der Waals surface area contributed by atoms with Gasteiger partial charge < -0.3 is 10.2 Å². The van der Waals surface area contributed by atoms with E-state index in [-0.39, 0.29) is 29.3 Å². The highest BCUT2D eigenvalue weighted by Gasteiger charge is 2.56. The first-order valence-electron chi connectivity index (χ1n) is 7.24. The second-order valence-electron chi connectivity index (χ2n) is 7.40. The second kappa shape index (κ2) is 4.22. The van der Waals surface area contributed by atoms with Crippen LogP contribution >= 0.6 is 0 Å². The van der Waals surface area contributed by atoms with Gasteiger partial charge >= 0.3 is 0 Å². The van der Waals surface area contributed by atoms with Crippen molar-refractivity contribution in [3.8, 4) is 0 Å². The van der Waals surface area contributed by atoms with Crippen LogP contribution in [0.3, 0.4) is 0 Å². The number of amides is 2. The molecule has 4 nitrogen and oxygen atoms in total. The van der Waals surface area contributed by atoms with Crippen molar-refractivity contribution in [1.82, 2.24) is 10.2 Å². The van der Waals surface area contributed by atoms with Gasteiger partial charge in [0.25, 0.3) is 0 Å². The summed E-state index contributed by atoms with van der Waals surface area (Å²) >= 11 is 0. The van der Waals surface area contributed by atoms with Crippen LogP contribution < -0.4 is 5.32 Å². The predicted octanol–water partition coefficient (Wildman–Crippen LogP) is 1.94. The van der Waals surface area contributed by atoms with Crippen LogP contribution in [0.2, 0.25) is 0 Å². The van der Waals surface area contributed by atoms with Gasteiger partial charge in [-0.3, -0.25) is 9.59 Å². The van der Waals surface area contributed by atoms with Crippen LogP contribution in [0.5, 0.6) is 0 Å². The van der Waals surface area contributed by atoms with Crippen molar-refractivity contribution in [3.63, 3.8) is 0 Å². The van der Waals surface area contributed by atoms with Gasteiger partial charge in [-0.2, -0.15) is 0 Å². The molecule has 1 saturated heterocycles. The Balaban J connectivity index is 2.34. The number of carbonyl (C=O) groups is 2. The lowest BCUT2D eigenvalue weighted by Gasteiger charge is -2.49. The zero-order valence-corrected chi connectivity index (χ0v) is 12.9. The summed E-state index contributed by atoms with van der Waals surface area (Å²) in [4.78, 5) is 26.9. The van der Waals surface area contributed by atoms with E-state index in [1.807, 2.05) is 20.8 Å². The molecule has 0 aromatic carbocycles.